The predicted molar refractivity (Wildman–Crippen MR) is 125 cm³/mol. The molecule has 2 aromatic rings. The van der Waals surface area contributed by atoms with Crippen LogP contribution < -0.4 is 9.64 Å². The third-order valence-corrected chi connectivity index (χ3v) is 8.44. The third-order valence-electron chi connectivity index (χ3n) is 6.28. The van der Waals surface area contributed by atoms with E-state index >= 15 is 0 Å². The summed E-state index contributed by atoms with van der Waals surface area (Å²) >= 11 is 6.12. The minimum Gasteiger partial charge on any atom is -0.495 e. The Balaban J connectivity index is 1.41. The minimum atomic E-state index is -3.78. The fraction of sp³-hybridized carbons (Fsp3) is 0.435. The lowest BCUT2D eigenvalue weighted by Gasteiger charge is -2.39. The second kappa shape index (κ2) is 9.87. The van der Waals surface area contributed by atoms with E-state index in [4.69, 9.17) is 16.3 Å². The molecule has 0 spiro atoms. The average molecular weight is 496 g/mol. The van der Waals surface area contributed by atoms with Crippen molar-refractivity contribution >= 4 is 33.2 Å². The standard InChI is InChI=1S/C23H27ClFN3O4S/c1-32-22-9-8-18(15-19(22)24)33(30,31)28-10-4-5-17(16-28)23(29)27-13-11-26(12-14-27)21-7-3-2-6-20(21)25/h2-3,6-9,15,17H,4-5,10-14,16H2,1H3/t17-/m1/s1. The van der Waals surface area contributed by atoms with Gasteiger partial charge in [0.05, 0.1) is 28.6 Å². The SMILES string of the molecule is COc1ccc(S(=O)(=O)N2CCC[C@@H](C(=O)N3CCN(c4ccccc4F)CC3)C2)cc1Cl. The van der Waals surface area contributed by atoms with Crippen LogP contribution in [0.25, 0.3) is 0 Å². The summed E-state index contributed by atoms with van der Waals surface area (Å²) in [5.41, 5.74) is 0.540. The zero-order valence-corrected chi connectivity index (χ0v) is 20.0. The van der Waals surface area contributed by atoms with Crippen LogP contribution in [0, 0.1) is 11.7 Å². The number of hydrogen-bond donors (Lipinski definition) is 0. The maximum atomic E-state index is 14.1. The van der Waals surface area contributed by atoms with E-state index in [0.29, 0.717) is 57.0 Å². The number of nitrogens with zero attached hydrogens (tertiary/aromatic N) is 3. The lowest BCUT2D eigenvalue weighted by atomic mass is 9.97. The summed E-state index contributed by atoms with van der Waals surface area (Å²) in [6.45, 7) is 2.52. The van der Waals surface area contributed by atoms with Crippen molar-refractivity contribution in [2.75, 3.05) is 51.3 Å². The van der Waals surface area contributed by atoms with E-state index in [1.807, 2.05) is 4.90 Å². The molecule has 4 rings (SSSR count). The van der Waals surface area contributed by atoms with E-state index in [1.165, 1.54) is 35.7 Å². The quantitative estimate of drug-likeness (QED) is 0.637. The summed E-state index contributed by atoms with van der Waals surface area (Å²) in [6, 6.07) is 11.0. The first-order valence-corrected chi connectivity index (χ1v) is 12.7. The Labute approximate surface area is 198 Å². The molecule has 2 fully saturated rings. The van der Waals surface area contributed by atoms with Gasteiger partial charge in [-0.15, -0.1) is 0 Å². The molecule has 33 heavy (non-hydrogen) atoms. The van der Waals surface area contributed by atoms with Crippen molar-refractivity contribution in [1.29, 1.82) is 0 Å². The predicted octanol–water partition coefficient (Wildman–Crippen LogP) is 3.24. The Morgan fingerprint density at radius 2 is 1.82 bits per heavy atom. The molecular weight excluding hydrogens is 469 g/mol. The molecular formula is C23H27ClFN3O4S. The normalized spacial score (nSPS) is 20.0. The van der Waals surface area contributed by atoms with Gasteiger partial charge in [-0.05, 0) is 43.2 Å². The summed E-state index contributed by atoms with van der Waals surface area (Å²) in [5, 5.41) is 0.218. The number of anilines is 1. The van der Waals surface area contributed by atoms with Crippen molar-refractivity contribution in [2.24, 2.45) is 5.92 Å². The number of ether oxygens (including phenoxy) is 1. The average Bonchev–Trinajstić information content (AvgIpc) is 2.84. The number of halogens is 2. The molecule has 2 heterocycles. The number of benzene rings is 2. The van der Waals surface area contributed by atoms with Crippen LogP contribution >= 0.6 is 11.6 Å². The van der Waals surface area contributed by atoms with Crippen molar-refractivity contribution in [3.05, 3.63) is 53.3 Å². The molecule has 10 heteroatoms. The molecule has 2 aliphatic rings. The monoisotopic (exact) mass is 495 g/mol. The van der Waals surface area contributed by atoms with Gasteiger partial charge in [0.15, 0.2) is 0 Å². The topological polar surface area (TPSA) is 70.2 Å². The van der Waals surface area contributed by atoms with E-state index in [-0.39, 0.29) is 28.2 Å². The van der Waals surface area contributed by atoms with E-state index < -0.39 is 15.9 Å². The largest absolute Gasteiger partial charge is 0.495 e. The number of rotatable bonds is 5. The molecule has 178 valence electrons. The highest BCUT2D eigenvalue weighted by Crippen LogP contribution is 2.31. The number of para-hydroxylation sites is 1. The molecule has 0 saturated carbocycles. The van der Waals surface area contributed by atoms with Crippen LogP contribution in [0.2, 0.25) is 5.02 Å². The number of hydrogen-bond acceptors (Lipinski definition) is 5. The smallest absolute Gasteiger partial charge is 0.243 e. The Bertz CT molecular complexity index is 1120. The van der Waals surface area contributed by atoms with E-state index in [1.54, 1.807) is 23.1 Å². The second-order valence-corrected chi connectivity index (χ2v) is 10.6. The van der Waals surface area contributed by atoms with Gasteiger partial charge < -0.3 is 14.5 Å². The van der Waals surface area contributed by atoms with Crippen molar-refractivity contribution in [3.63, 3.8) is 0 Å². The number of amides is 1. The fourth-order valence-corrected chi connectivity index (χ4v) is 6.33. The van der Waals surface area contributed by atoms with Crippen molar-refractivity contribution < 1.29 is 22.3 Å². The van der Waals surface area contributed by atoms with Gasteiger partial charge in [0.2, 0.25) is 15.9 Å². The summed E-state index contributed by atoms with van der Waals surface area (Å²) in [7, 11) is -2.32. The van der Waals surface area contributed by atoms with Crippen LogP contribution in [0.15, 0.2) is 47.4 Å². The van der Waals surface area contributed by atoms with Crippen molar-refractivity contribution in [1.82, 2.24) is 9.21 Å². The zero-order valence-electron chi connectivity index (χ0n) is 18.4. The summed E-state index contributed by atoms with van der Waals surface area (Å²) in [6.07, 6.45) is 1.25. The molecule has 0 N–H and O–H groups in total. The number of methoxy groups -OCH3 is 1. The number of carbonyl (C=O) groups excluding carboxylic acids is 1. The van der Waals surface area contributed by atoms with Crippen LogP contribution in [0.1, 0.15) is 12.8 Å². The first-order chi connectivity index (χ1) is 15.8. The minimum absolute atomic E-state index is 0.0455. The molecule has 0 unspecified atom stereocenters. The molecule has 2 aromatic carbocycles. The maximum absolute atomic E-state index is 14.1. The maximum Gasteiger partial charge on any atom is 0.243 e. The Hall–Kier alpha value is -2.36. The van der Waals surface area contributed by atoms with E-state index in [9.17, 15) is 17.6 Å². The molecule has 0 aliphatic carbocycles. The lowest BCUT2D eigenvalue weighted by molar-refractivity contribution is -0.137. The highest BCUT2D eigenvalue weighted by Gasteiger charge is 2.36. The van der Waals surface area contributed by atoms with Gasteiger partial charge in [-0.25, -0.2) is 12.8 Å². The highest BCUT2D eigenvalue weighted by atomic mass is 35.5. The molecule has 0 aromatic heterocycles. The molecule has 1 amide bonds. The first kappa shape index (κ1) is 23.8. The lowest BCUT2D eigenvalue weighted by Crippen LogP contribution is -2.53. The molecule has 0 bridgehead atoms. The van der Waals surface area contributed by atoms with Crippen molar-refractivity contribution in [2.45, 2.75) is 17.7 Å². The highest BCUT2D eigenvalue weighted by molar-refractivity contribution is 7.89. The van der Waals surface area contributed by atoms with Gasteiger partial charge in [-0.1, -0.05) is 23.7 Å². The Morgan fingerprint density at radius 3 is 2.48 bits per heavy atom. The number of piperazine rings is 1. The van der Waals surface area contributed by atoms with Gasteiger partial charge in [0, 0.05) is 39.3 Å². The Kier molecular flexibility index (Phi) is 7.11. The number of sulfonamides is 1. The van der Waals surface area contributed by atoms with Gasteiger partial charge in [-0.2, -0.15) is 4.31 Å². The number of piperidine rings is 1. The van der Waals surface area contributed by atoms with Gasteiger partial charge >= 0.3 is 0 Å². The molecule has 0 radical (unpaired) electrons. The van der Waals surface area contributed by atoms with Gasteiger partial charge in [-0.3, -0.25) is 4.79 Å². The fourth-order valence-electron chi connectivity index (χ4n) is 4.45. The molecule has 2 aliphatic heterocycles. The van der Waals surface area contributed by atoms with E-state index in [2.05, 4.69) is 0 Å². The molecule has 7 nitrogen and oxygen atoms in total. The third kappa shape index (κ3) is 4.95. The van der Waals surface area contributed by atoms with Crippen molar-refractivity contribution in [3.8, 4) is 5.75 Å². The second-order valence-electron chi connectivity index (χ2n) is 8.26. The molecule has 1 atom stereocenters. The van der Waals surface area contributed by atoms with Crippen LogP contribution in [0.3, 0.4) is 0 Å². The summed E-state index contributed by atoms with van der Waals surface area (Å²) in [5.74, 6) is -0.320. The number of carbonyl (C=O) groups is 1. The summed E-state index contributed by atoms with van der Waals surface area (Å²) in [4.78, 5) is 17.0. The molecule has 2 saturated heterocycles. The van der Waals surface area contributed by atoms with Gasteiger partial charge in [0.25, 0.3) is 0 Å². The van der Waals surface area contributed by atoms with E-state index in [0.717, 1.165) is 0 Å². The van der Waals surface area contributed by atoms with Crippen LogP contribution in [-0.4, -0.2) is 69.9 Å². The van der Waals surface area contributed by atoms with Crippen LogP contribution in [0.5, 0.6) is 5.75 Å². The van der Waals surface area contributed by atoms with Gasteiger partial charge in [0.1, 0.15) is 11.6 Å². The van der Waals surface area contributed by atoms with Crippen LogP contribution in [-0.2, 0) is 14.8 Å². The van der Waals surface area contributed by atoms with Crippen LogP contribution in [0.4, 0.5) is 10.1 Å². The first-order valence-electron chi connectivity index (χ1n) is 10.9. The Morgan fingerprint density at radius 1 is 1.09 bits per heavy atom. The summed E-state index contributed by atoms with van der Waals surface area (Å²) < 4.78 is 46.9. The zero-order chi connectivity index (χ0) is 23.6.